The molecule has 0 saturated heterocycles. The number of hydrogen-bond acceptors (Lipinski definition) is 3. The number of likely N-dealkylation sites (N-methyl/N-ethyl adjacent to an activating group) is 1. The second-order valence-electron chi connectivity index (χ2n) is 6.39. The lowest BCUT2D eigenvalue weighted by Crippen LogP contribution is -2.31. The Hall–Kier alpha value is -2.72. The fraction of sp³-hybridized carbons (Fsp3) is 0.200. The highest BCUT2D eigenvalue weighted by Crippen LogP contribution is 2.38. The van der Waals surface area contributed by atoms with Gasteiger partial charge in [0.25, 0.3) is 0 Å². The smallest absolute Gasteiger partial charge is 0.198 e. The molecule has 0 radical (unpaired) electrons. The molecule has 4 rings (SSSR count). The van der Waals surface area contributed by atoms with Gasteiger partial charge in [0.05, 0.1) is 5.69 Å². The van der Waals surface area contributed by atoms with E-state index in [-0.39, 0.29) is 17.7 Å². The largest absolute Gasteiger partial charge is 0.494 e. The maximum absolute atomic E-state index is 10.1. The van der Waals surface area contributed by atoms with Crippen LogP contribution in [0.3, 0.4) is 0 Å². The minimum atomic E-state index is 0.0393. The number of para-hydroxylation sites is 1. The molecule has 0 fully saturated rings. The van der Waals surface area contributed by atoms with Gasteiger partial charge in [-0.25, -0.2) is 0 Å². The number of fused-ring (bicyclic) bond motifs is 1. The molecule has 2 N–H and O–H groups in total. The van der Waals surface area contributed by atoms with E-state index < -0.39 is 0 Å². The molecule has 1 aromatic heterocycles. The van der Waals surface area contributed by atoms with E-state index in [0.29, 0.717) is 0 Å². The lowest BCUT2D eigenvalue weighted by Gasteiger charge is -2.33. The van der Waals surface area contributed by atoms with Crippen LogP contribution in [0.1, 0.15) is 22.6 Å². The van der Waals surface area contributed by atoms with Crippen molar-refractivity contribution in [2.24, 2.45) is 0 Å². The highest BCUT2D eigenvalue weighted by molar-refractivity contribution is 5.53. The van der Waals surface area contributed by atoms with Gasteiger partial charge in [0.15, 0.2) is 11.8 Å². The zero-order chi connectivity index (χ0) is 16.7. The van der Waals surface area contributed by atoms with Crippen LogP contribution in [0, 0.1) is 0 Å². The average molecular weight is 320 g/mol. The Morgan fingerprint density at radius 2 is 1.46 bits per heavy atom. The quantitative estimate of drug-likeness (QED) is 0.760. The molecule has 2 aromatic carbocycles. The van der Waals surface area contributed by atoms with Crippen LogP contribution in [0.2, 0.25) is 0 Å². The van der Waals surface area contributed by atoms with Gasteiger partial charge >= 0.3 is 0 Å². The first-order chi connectivity index (χ1) is 11.6. The molecule has 1 aliphatic heterocycles. The first-order valence-electron chi connectivity index (χ1n) is 8.10. The van der Waals surface area contributed by atoms with Gasteiger partial charge in [0.2, 0.25) is 0 Å². The Labute approximate surface area is 141 Å². The Bertz CT molecular complexity index is 865. The Morgan fingerprint density at radius 1 is 0.833 bits per heavy atom. The van der Waals surface area contributed by atoms with Crippen molar-refractivity contribution in [3.8, 4) is 17.4 Å². The number of rotatable bonds is 2. The monoisotopic (exact) mass is 320 g/mol. The molecule has 24 heavy (non-hydrogen) atoms. The minimum absolute atomic E-state index is 0.0393. The number of hydrogen-bond donors (Lipinski definition) is 2. The summed E-state index contributed by atoms with van der Waals surface area (Å²) in [6, 6.07) is 19.5. The molecule has 4 heteroatoms. The maximum Gasteiger partial charge on any atom is 0.198 e. The lowest BCUT2D eigenvalue weighted by molar-refractivity contribution is 0.295. The summed E-state index contributed by atoms with van der Waals surface area (Å²) < 4.78 is 1.49. The fourth-order valence-electron chi connectivity index (χ4n) is 3.70. The molecule has 3 aromatic rings. The molecule has 1 atom stereocenters. The molecule has 0 aliphatic carbocycles. The predicted octanol–water partition coefficient (Wildman–Crippen LogP) is 3.47. The van der Waals surface area contributed by atoms with Crippen molar-refractivity contribution in [3.05, 3.63) is 77.4 Å². The number of aromatic hydroxyl groups is 2. The van der Waals surface area contributed by atoms with Gasteiger partial charge in [-0.2, -0.15) is 0 Å². The maximum atomic E-state index is 10.1. The van der Waals surface area contributed by atoms with Crippen molar-refractivity contribution in [2.45, 2.75) is 12.5 Å². The molecule has 0 spiro atoms. The van der Waals surface area contributed by atoms with E-state index >= 15 is 0 Å². The highest BCUT2D eigenvalue weighted by atomic mass is 16.3. The molecule has 2 heterocycles. The van der Waals surface area contributed by atoms with Crippen LogP contribution in [-0.2, 0) is 6.54 Å². The van der Waals surface area contributed by atoms with Crippen LogP contribution in [-0.4, -0.2) is 33.3 Å². The summed E-state index contributed by atoms with van der Waals surface area (Å²) in [5.41, 5.74) is 4.55. The van der Waals surface area contributed by atoms with Crippen molar-refractivity contribution >= 4 is 0 Å². The van der Waals surface area contributed by atoms with Crippen molar-refractivity contribution in [1.82, 2.24) is 9.47 Å². The summed E-state index contributed by atoms with van der Waals surface area (Å²) in [5.74, 6) is 0.271. The van der Waals surface area contributed by atoms with Crippen LogP contribution in [0.25, 0.3) is 5.69 Å². The van der Waals surface area contributed by atoms with Gasteiger partial charge in [0.1, 0.15) is 0 Å². The van der Waals surface area contributed by atoms with Crippen molar-refractivity contribution in [3.63, 3.8) is 0 Å². The third-order valence-corrected chi connectivity index (χ3v) is 4.76. The molecule has 0 unspecified atom stereocenters. The molecular formula is C20H20N2O2. The summed E-state index contributed by atoms with van der Waals surface area (Å²) in [6.07, 6.45) is 0. The normalized spacial score (nSPS) is 17.6. The molecule has 1 aliphatic rings. The van der Waals surface area contributed by atoms with E-state index in [1.54, 1.807) is 0 Å². The summed E-state index contributed by atoms with van der Waals surface area (Å²) in [7, 11) is 2.12. The van der Waals surface area contributed by atoms with E-state index in [4.69, 9.17) is 0 Å². The number of nitrogens with zero attached hydrogens (tertiary/aromatic N) is 2. The molecule has 0 saturated carbocycles. The third kappa shape index (κ3) is 2.36. The average Bonchev–Trinajstić information content (AvgIpc) is 2.92. The topological polar surface area (TPSA) is 48.6 Å². The molecule has 4 nitrogen and oxygen atoms in total. The predicted molar refractivity (Wildman–Crippen MR) is 93.7 cm³/mol. The van der Waals surface area contributed by atoms with Crippen LogP contribution >= 0.6 is 0 Å². The second-order valence-corrected chi connectivity index (χ2v) is 6.39. The van der Waals surface area contributed by atoms with Gasteiger partial charge < -0.3 is 15.1 Å². The summed E-state index contributed by atoms with van der Waals surface area (Å²) in [6.45, 7) is 1.84. The van der Waals surface area contributed by atoms with E-state index in [1.165, 1.54) is 27.8 Å². The van der Waals surface area contributed by atoms with E-state index in [1.807, 2.05) is 18.2 Å². The fourth-order valence-corrected chi connectivity index (χ4v) is 3.70. The van der Waals surface area contributed by atoms with Crippen LogP contribution in [0.4, 0.5) is 0 Å². The highest BCUT2D eigenvalue weighted by Gasteiger charge is 2.27. The first-order valence-corrected chi connectivity index (χ1v) is 8.10. The minimum Gasteiger partial charge on any atom is -0.494 e. The number of benzene rings is 2. The van der Waals surface area contributed by atoms with Gasteiger partial charge in [-0.05, 0) is 29.8 Å². The van der Waals surface area contributed by atoms with E-state index in [2.05, 4.69) is 42.3 Å². The van der Waals surface area contributed by atoms with Gasteiger partial charge in [-0.3, -0.25) is 4.57 Å². The summed E-state index contributed by atoms with van der Waals surface area (Å²) in [4.78, 5) is 2.30. The van der Waals surface area contributed by atoms with Crippen molar-refractivity contribution in [2.75, 3.05) is 13.6 Å². The van der Waals surface area contributed by atoms with Crippen molar-refractivity contribution in [1.29, 1.82) is 0 Å². The van der Waals surface area contributed by atoms with E-state index in [9.17, 15) is 10.2 Å². The second kappa shape index (κ2) is 5.73. The summed E-state index contributed by atoms with van der Waals surface area (Å²) in [5, 5.41) is 20.3. The standard InChI is InChI=1S/C20H20N2O2/c1-21-12-14-6-2-3-7-15(14)17(13-21)16-8-4-5-9-18(16)22-19(23)10-11-20(22)24/h2-11,17,23-24H,12-13H2,1H3/t17-/m1/s1. The SMILES string of the molecule is CN1Cc2ccccc2[C@H](c2ccccc2-n2c(O)ccc2O)C1. The van der Waals surface area contributed by atoms with Gasteiger partial charge in [-0.15, -0.1) is 0 Å². The summed E-state index contributed by atoms with van der Waals surface area (Å²) >= 11 is 0. The number of aromatic nitrogens is 1. The molecule has 0 bridgehead atoms. The Balaban J connectivity index is 1.90. The third-order valence-electron chi connectivity index (χ3n) is 4.76. The lowest BCUT2D eigenvalue weighted by atomic mass is 9.84. The van der Waals surface area contributed by atoms with E-state index in [0.717, 1.165) is 24.3 Å². The van der Waals surface area contributed by atoms with Gasteiger partial charge in [-0.1, -0.05) is 42.5 Å². The zero-order valence-electron chi connectivity index (χ0n) is 13.6. The van der Waals surface area contributed by atoms with Crippen molar-refractivity contribution < 1.29 is 10.2 Å². The molecule has 122 valence electrons. The molecular weight excluding hydrogens is 300 g/mol. The molecule has 0 amide bonds. The van der Waals surface area contributed by atoms with Crippen LogP contribution < -0.4 is 0 Å². The zero-order valence-corrected chi connectivity index (χ0v) is 13.6. The van der Waals surface area contributed by atoms with Crippen LogP contribution in [0.15, 0.2) is 60.7 Å². The first kappa shape index (κ1) is 14.8. The Kier molecular flexibility index (Phi) is 3.54. The Morgan fingerprint density at radius 3 is 2.21 bits per heavy atom. The van der Waals surface area contributed by atoms with Crippen LogP contribution in [0.5, 0.6) is 11.8 Å². The van der Waals surface area contributed by atoms with Gasteiger partial charge in [0, 0.05) is 31.1 Å².